The smallest absolute Gasteiger partial charge is 0.253 e. The number of piperidine rings is 1. The summed E-state index contributed by atoms with van der Waals surface area (Å²) < 4.78 is 0. The minimum absolute atomic E-state index is 0.0261. The molecule has 6 heteroatoms. The molecule has 0 aliphatic carbocycles. The number of rotatable bonds is 2. The first-order chi connectivity index (χ1) is 9.11. The fraction of sp³-hybridized carbons (Fsp3) is 0.385. The van der Waals surface area contributed by atoms with Gasteiger partial charge in [-0.25, -0.2) is 0 Å². The van der Waals surface area contributed by atoms with Crippen LogP contribution >= 0.6 is 0 Å². The van der Waals surface area contributed by atoms with Gasteiger partial charge in [0.05, 0.1) is 0 Å². The quantitative estimate of drug-likeness (QED) is 0.320. The van der Waals surface area contributed by atoms with Crippen molar-refractivity contribution in [3.05, 3.63) is 29.8 Å². The van der Waals surface area contributed by atoms with Crippen molar-refractivity contribution in [3.63, 3.8) is 0 Å². The maximum absolute atomic E-state index is 12.2. The molecule has 0 bridgehead atoms. The number of amidine groups is 1. The number of phenolic OH excluding ortho intramolecular Hbond substituents is 1. The summed E-state index contributed by atoms with van der Waals surface area (Å²) in [6.07, 6.45) is 1.36. The topological polar surface area (TPSA) is 99.2 Å². The molecule has 0 unspecified atom stereocenters. The highest BCUT2D eigenvalue weighted by atomic mass is 16.4. The van der Waals surface area contributed by atoms with E-state index in [0.717, 1.165) is 0 Å². The Labute approximate surface area is 111 Å². The van der Waals surface area contributed by atoms with Gasteiger partial charge in [-0.3, -0.25) is 4.79 Å². The Balaban J connectivity index is 2.00. The van der Waals surface area contributed by atoms with E-state index in [-0.39, 0.29) is 23.4 Å². The highest BCUT2D eigenvalue weighted by molar-refractivity contribution is 5.94. The Morgan fingerprint density at radius 2 is 2.05 bits per heavy atom. The maximum Gasteiger partial charge on any atom is 0.253 e. The van der Waals surface area contributed by atoms with Crippen LogP contribution in [-0.2, 0) is 0 Å². The van der Waals surface area contributed by atoms with E-state index in [2.05, 4.69) is 5.16 Å². The lowest BCUT2D eigenvalue weighted by atomic mass is 9.95. The van der Waals surface area contributed by atoms with Crippen LogP contribution < -0.4 is 5.73 Å². The summed E-state index contributed by atoms with van der Waals surface area (Å²) in [6, 6.07) is 6.31. The van der Waals surface area contributed by atoms with Crippen LogP contribution in [0.15, 0.2) is 29.4 Å². The number of nitrogens with two attached hydrogens (primary N) is 1. The Hall–Kier alpha value is -2.24. The van der Waals surface area contributed by atoms with Gasteiger partial charge in [0.15, 0.2) is 0 Å². The largest absolute Gasteiger partial charge is 0.508 e. The normalized spacial score (nSPS) is 17.5. The standard InChI is InChI=1S/C13H17N3O3/c14-12(15-19)9-4-6-16(7-5-9)13(18)10-2-1-3-11(17)8-10/h1-3,8-9,17,19H,4-7H2,(H2,14,15). The van der Waals surface area contributed by atoms with Gasteiger partial charge in [-0.1, -0.05) is 11.2 Å². The molecule has 1 fully saturated rings. The number of oxime groups is 1. The third-order valence-electron chi connectivity index (χ3n) is 3.41. The molecule has 2 rings (SSSR count). The molecular weight excluding hydrogens is 246 g/mol. The molecule has 0 radical (unpaired) electrons. The minimum Gasteiger partial charge on any atom is -0.508 e. The molecule has 19 heavy (non-hydrogen) atoms. The number of amides is 1. The van der Waals surface area contributed by atoms with Gasteiger partial charge in [0.25, 0.3) is 5.91 Å². The Morgan fingerprint density at radius 3 is 2.63 bits per heavy atom. The van der Waals surface area contributed by atoms with Crippen molar-refractivity contribution in [2.75, 3.05) is 13.1 Å². The van der Waals surface area contributed by atoms with Crippen LogP contribution in [0.4, 0.5) is 0 Å². The van der Waals surface area contributed by atoms with Gasteiger partial charge >= 0.3 is 0 Å². The molecule has 0 aromatic heterocycles. The number of nitrogens with zero attached hydrogens (tertiary/aromatic N) is 2. The van der Waals surface area contributed by atoms with E-state index < -0.39 is 0 Å². The number of carbonyl (C=O) groups is 1. The second kappa shape index (κ2) is 5.60. The average molecular weight is 263 g/mol. The Kier molecular flexibility index (Phi) is 3.89. The SMILES string of the molecule is NC(=NO)C1CCN(C(=O)c2cccc(O)c2)CC1. The number of likely N-dealkylation sites (tertiary alicyclic amines) is 1. The summed E-state index contributed by atoms with van der Waals surface area (Å²) in [5, 5.41) is 21.0. The van der Waals surface area contributed by atoms with Gasteiger partial charge < -0.3 is 20.9 Å². The average Bonchev–Trinajstić information content (AvgIpc) is 2.46. The van der Waals surface area contributed by atoms with E-state index in [1.54, 1.807) is 17.0 Å². The van der Waals surface area contributed by atoms with Crippen molar-refractivity contribution < 1.29 is 15.1 Å². The molecule has 0 spiro atoms. The zero-order valence-electron chi connectivity index (χ0n) is 10.5. The van der Waals surface area contributed by atoms with Crippen molar-refractivity contribution in [3.8, 4) is 5.75 Å². The van der Waals surface area contributed by atoms with Crippen LogP contribution in [0.1, 0.15) is 23.2 Å². The molecule has 1 saturated heterocycles. The lowest BCUT2D eigenvalue weighted by Crippen LogP contribution is -2.41. The summed E-state index contributed by atoms with van der Waals surface area (Å²) in [4.78, 5) is 13.9. The van der Waals surface area contributed by atoms with Gasteiger partial charge in [0, 0.05) is 24.6 Å². The fourth-order valence-corrected chi connectivity index (χ4v) is 2.28. The maximum atomic E-state index is 12.2. The lowest BCUT2D eigenvalue weighted by Gasteiger charge is -2.31. The molecule has 6 nitrogen and oxygen atoms in total. The zero-order valence-corrected chi connectivity index (χ0v) is 10.5. The summed E-state index contributed by atoms with van der Waals surface area (Å²) in [7, 11) is 0. The van der Waals surface area contributed by atoms with Crippen LogP contribution in [0.5, 0.6) is 5.75 Å². The predicted molar refractivity (Wildman–Crippen MR) is 70.1 cm³/mol. The third-order valence-corrected chi connectivity index (χ3v) is 3.41. The first kappa shape index (κ1) is 13.2. The highest BCUT2D eigenvalue weighted by Crippen LogP contribution is 2.20. The van der Waals surface area contributed by atoms with Gasteiger partial charge in [-0.05, 0) is 31.0 Å². The highest BCUT2D eigenvalue weighted by Gasteiger charge is 2.25. The Bertz CT molecular complexity index is 494. The second-order valence-corrected chi connectivity index (χ2v) is 4.64. The van der Waals surface area contributed by atoms with Gasteiger partial charge in [-0.15, -0.1) is 0 Å². The van der Waals surface area contributed by atoms with E-state index in [9.17, 15) is 9.90 Å². The molecule has 1 heterocycles. The monoisotopic (exact) mass is 263 g/mol. The molecule has 1 aromatic carbocycles. The van der Waals surface area contributed by atoms with Crippen molar-refractivity contribution in [1.82, 2.24) is 4.90 Å². The number of hydrogen-bond acceptors (Lipinski definition) is 4. The van der Waals surface area contributed by atoms with Crippen molar-refractivity contribution in [2.45, 2.75) is 12.8 Å². The molecule has 0 saturated carbocycles. The fourth-order valence-electron chi connectivity index (χ4n) is 2.28. The second-order valence-electron chi connectivity index (χ2n) is 4.64. The summed E-state index contributed by atoms with van der Waals surface area (Å²) in [5.41, 5.74) is 6.04. The summed E-state index contributed by atoms with van der Waals surface area (Å²) in [6.45, 7) is 1.13. The van der Waals surface area contributed by atoms with Gasteiger partial charge in [-0.2, -0.15) is 0 Å². The van der Waals surface area contributed by atoms with Crippen LogP contribution in [0.3, 0.4) is 0 Å². The number of aromatic hydroxyl groups is 1. The molecule has 4 N–H and O–H groups in total. The molecule has 1 aliphatic rings. The molecule has 0 atom stereocenters. The third kappa shape index (κ3) is 2.96. The predicted octanol–water partition coefficient (Wildman–Crippen LogP) is 0.991. The lowest BCUT2D eigenvalue weighted by molar-refractivity contribution is 0.0708. The van der Waals surface area contributed by atoms with Gasteiger partial charge in [0.2, 0.25) is 0 Å². The zero-order chi connectivity index (χ0) is 13.8. The first-order valence-electron chi connectivity index (χ1n) is 6.17. The Morgan fingerprint density at radius 1 is 1.37 bits per heavy atom. The van der Waals surface area contributed by atoms with Crippen LogP contribution in [0, 0.1) is 5.92 Å². The van der Waals surface area contributed by atoms with Crippen molar-refractivity contribution >= 4 is 11.7 Å². The van der Waals surface area contributed by atoms with E-state index in [1.165, 1.54) is 12.1 Å². The van der Waals surface area contributed by atoms with Crippen LogP contribution in [0.2, 0.25) is 0 Å². The van der Waals surface area contributed by atoms with E-state index >= 15 is 0 Å². The molecule has 1 aromatic rings. The van der Waals surface area contributed by atoms with Gasteiger partial charge in [0.1, 0.15) is 11.6 Å². The van der Waals surface area contributed by atoms with E-state index in [0.29, 0.717) is 31.5 Å². The van der Waals surface area contributed by atoms with E-state index in [4.69, 9.17) is 10.9 Å². The molecule has 1 aliphatic heterocycles. The molecule has 1 amide bonds. The number of phenols is 1. The van der Waals surface area contributed by atoms with E-state index in [1.807, 2.05) is 0 Å². The number of carbonyl (C=O) groups excluding carboxylic acids is 1. The molecule has 102 valence electrons. The minimum atomic E-state index is -0.103. The number of hydrogen-bond donors (Lipinski definition) is 3. The van der Waals surface area contributed by atoms with Crippen molar-refractivity contribution in [2.24, 2.45) is 16.8 Å². The van der Waals surface area contributed by atoms with Crippen LogP contribution in [0.25, 0.3) is 0 Å². The summed E-state index contributed by atoms with van der Waals surface area (Å²) in [5.74, 6) is 0.230. The van der Waals surface area contributed by atoms with Crippen molar-refractivity contribution in [1.29, 1.82) is 0 Å². The first-order valence-corrected chi connectivity index (χ1v) is 6.17. The van der Waals surface area contributed by atoms with Crippen LogP contribution in [-0.4, -0.2) is 40.0 Å². The number of benzene rings is 1. The summed E-state index contributed by atoms with van der Waals surface area (Å²) >= 11 is 0. The molecular formula is C13H17N3O3.